The van der Waals surface area contributed by atoms with E-state index < -0.39 is 0 Å². The molecule has 0 bridgehead atoms. The number of hydrogen-bond acceptors (Lipinski definition) is 2. The predicted molar refractivity (Wildman–Crippen MR) is 84.8 cm³/mol. The zero-order valence-corrected chi connectivity index (χ0v) is 12.6. The molecule has 1 aromatic carbocycles. The number of aromatic amines is 1. The summed E-state index contributed by atoms with van der Waals surface area (Å²) in [5.41, 5.74) is 2.26. The average molecular weight is 304 g/mol. The van der Waals surface area contributed by atoms with Gasteiger partial charge >= 0.3 is 0 Å². The van der Waals surface area contributed by atoms with Gasteiger partial charge in [0.1, 0.15) is 5.78 Å². The molecule has 0 saturated heterocycles. The number of H-pyrrole nitrogens is 1. The molecule has 0 fully saturated rings. The number of thiophene rings is 1. The molecule has 2 heterocycles. The normalized spacial score (nSPS) is 12.7. The van der Waals surface area contributed by atoms with Crippen molar-refractivity contribution >= 4 is 39.6 Å². The quantitative estimate of drug-likeness (QED) is 0.723. The van der Waals surface area contributed by atoms with Crippen LogP contribution in [-0.2, 0) is 4.79 Å². The highest BCUT2D eigenvalue weighted by atomic mass is 35.5. The van der Waals surface area contributed by atoms with E-state index in [0.717, 1.165) is 20.3 Å². The van der Waals surface area contributed by atoms with Crippen LogP contribution >= 0.6 is 22.9 Å². The molecule has 1 N–H and O–H groups in total. The number of hydrogen-bond donors (Lipinski definition) is 1. The number of aromatic nitrogens is 1. The van der Waals surface area contributed by atoms with Gasteiger partial charge in [-0.2, -0.15) is 0 Å². The predicted octanol–water partition coefficient (Wildman–Crippen LogP) is 4.99. The topological polar surface area (TPSA) is 32.9 Å². The van der Waals surface area contributed by atoms with Crippen LogP contribution in [0.4, 0.5) is 0 Å². The molecule has 3 aromatic rings. The van der Waals surface area contributed by atoms with Gasteiger partial charge in [-0.1, -0.05) is 29.8 Å². The van der Waals surface area contributed by atoms with Crippen molar-refractivity contribution in [2.75, 3.05) is 0 Å². The molecule has 2 aromatic heterocycles. The second-order valence-electron chi connectivity index (χ2n) is 4.89. The fraction of sp³-hybridized carbons (Fsp3) is 0.188. The van der Waals surface area contributed by atoms with Crippen molar-refractivity contribution in [2.24, 2.45) is 0 Å². The van der Waals surface area contributed by atoms with Gasteiger partial charge in [0.15, 0.2) is 0 Å². The number of fused-ring (bicyclic) bond motifs is 1. The molecule has 4 heteroatoms. The minimum Gasteiger partial charge on any atom is -0.361 e. The third-order valence-corrected chi connectivity index (χ3v) is 4.77. The molecule has 102 valence electrons. The summed E-state index contributed by atoms with van der Waals surface area (Å²) in [6.45, 7) is 1.64. The van der Waals surface area contributed by atoms with Crippen LogP contribution in [0.1, 0.15) is 29.7 Å². The Kier molecular flexibility index (Phi) is 3.64. The monoisotopic (exact) mass is 303 g/mol. The van der Waals surface area contributed by atoms with Crippen LogP contribution in [-0.4, -0.2) is 10.8 Å². The number of ketones is 1. The van der Waals surface area contributed by atoms with Gasteiger partial charge < -0.3 is 4.98 Å². The lowest BCUT2D eigenvalue weighted by Gasteiger charge is -2.13. The summed E-state index contributed by atoms with van der Waals surface area (Å²) in [6, 6.07) is 12.1. The van der Waals surface area contributed by atoms with E-state index in [1.807, 2.05) is 36.5 Å². The first kappa shape index (κ1) is 13.4. The van der Waals surface area contributed by atoms with Crippen molar-refractivity contribution in [1.82, 2.24) is 4.98 Å². The summed E-state index contributed by atoms with van der Waals surface area (Å²) >= 11 is 7.59. The maximum Gasteiger partial charge on any atom is 0.130 e. The molecule has 0 aliphatic heterocycles. The van der Waals surface area contributed by atoms with Crippen molar-refractivity contribution in [3.05, 3.63) is 57.4 Å². The van der Waals surface area contributed by atoms with Crippen molar-refractivity contribution in [3.63, 3.8) is 0 Å². The molecule has 0 spiro atoms. The van der Waals surface area contributed by atoms with Gasteiger partial charge in [0.2, 0.25) is 0 Å². The van der Waals surface area contributed by atoms with Crippen LogP contribution in [0.3, 0.4) is 0 Å². The highest BCUT2D eigenvalue weighted by molar-refractivity contribution is 7.16. The number of para-hydroxylation sites is 1. The molecule has 1 atom stereocenters. The second-order valence-corrected chi connectivity index (χ2v) is 6.64. The molecule has 0 unspecified atom stereocenters. The van der Waals surface area contributed by atoms with Gasteiger partial charge in [-0.3, -0.25) is 4.79 Å². The van der Waals surface area contributed by atoms with E-state index in [9.17, 15) is 4.79 Å². The lowest BCUT2D eigenvalue weighted by molar-refractivity contribution is -0.117. The maximum absolute atomic E-state index is 11.6. The van der Waals surface area contributed by atoms with Gasteiger partial charge in [-0.25, -0.2) is 0 Å². The lowest BCUT2D eigenvalue weighted by atomic mass is 9.92. The standard InChI is InChI=1S/C16H14ClNOS/c1-10(19)8-12(15-6-7-16(17)20-15)13-9-18-14-5-3-2-4-11(13)14/h2-7,9,12,18H,8H2,1H3/t12-/m1/s1. The van der Waals surface area contributed by atoms with Crippen LogP contribution in [0.2, 0.25) is 4.34 Å². The number of rotatable bonds is 4. The van der Waals surface area contributed by atoms with E-state index in [2.05, 4.69) is 11.1 Å². The molecule has 0 saturated carbocycles. The Labute approximate surface area is 126 Å². The molecule has 2 nitrogen and oxygen atoms in total. The number of Topliss-reactive ketones (excluding diaryl/α,β-unsaturated/α-hetero) is 1. The number of nitrogens with one attached hydrogen (secondary N) is 1. The Balaban J connectivity index is 2.11. The first-order chi connectivity index (χ1) is 9.65. The summed E-state index contributed by atoms with van der Waals surface area (Å²) in [7, 11) is 0. The summed E-state index contributed by atoms with van der Waals surface area (Å²) < 4.78 is 0.758. The van der Waals surface area contributed by atoms with Crippen molar-refractivity contribution in [1.29, 1.82) is 0 Å². The third-order valence-electron chi connectivity index (χ3n) is 3.43. The zero-order chi connectivity index (χ0) is 14.1. The molecular weight excluding hydrogens is 290 g/mol. The molecule has 3 rings (SSSR count). The summed E-state index contributed by atoms with van der Waals surface area (Å²) in [5, 5.41) is 1.17. The van der Waals surface area contributed by atoms with Crippen molar-refractivity contribution in [3.8, 4) is 0 Å². The molecule has 0 amide bonds. The largest absolute Gasteiger partial charge is 0.361 e. The molecule has 20 heavy (non-hydrogen) atoms. The van der Waals surface area contributed by atoms with E-state index in [4.69, 9.17) is 11.6 Å². The van der Waals surface area contributed by atoms with E-state index in [1.165, 1.54) is 5.39 Å². The number of benzene rings is 1. The molecule has 0 aliphatic rings. The second kappa shape index (κ2) is 5.43. The maximum atomic E-state index is 11.6. The third kappa shape index (κ3) is 2.51. The van der Waals surface area contributed by atoms with E-state index >= 15 is 0 Å². The number of carbonyl (C=O) groups is 1. The van der Waals surface area contributed by atoms with Crippen LogP contribution in [0.25, 0.3) is 10.9 Å². The van der Waals surface area contributed by atoms with Gasteiger partial charge in [-0.05, 0) is 30.7 Å². The Morgan fingerprint density at radius 2 is 2.10 bits per heavy atom. The number of carbonyl (C=O) groups excluding carboxylic acids is 1. The first-order valence-corrected chi connectivity index (χ1v) is 7.65. The molecule has 0 radical (unpaired) electrons. The zero-order valence-electron chi connectivity index (χ0n) is 11.0. The van der Waals surface area contributed by atoms with Crippen molar-refractivity contribution < 1.29 is 4.79 Å². The summed E-state index contributed by atoms with van der Waals surface area (Å²) in [6.07, 6.45) is 2.50. The summed E-state index contributed by atoms with van der Waals surface area (Å²) in [4.78, 5) is 16.0. The highest BCUT2D eigenvalue weighted by Crippen LogP contribution is 2.38. The number of halogens is 1. The Morgan fingerprint density at radius 3 is 2.80 bits per heavy atom. The van der Waals surface area contributed by atoms with Gasteiger partial charge in [0.25, 0.3) is 0 Å². The van der Waals surface area contributed by atoms with Gasteiger partial charge in [-0.15, -0.1) is 11.3 Å². The van der Waals surface area contributed by atoms with Crippen molar-refractivity contribution in [2.45, 2.75) is 19.3 Å². The molecular formula is C16H14ClNOS. The van der Waals surface area contributed by atoms with Crippen LogP contribution in [0.15, 0.2) is 42.6 Å². The minimum absolute atomic E-state index is 0.0705. The van der Waals surface area contributed by atoms with Gasteiger partial charge in [0, 0.05) is 34.3 Å². The smallest absolute Gasteiger partial charge is 0.130 e. The Bertz CT molecular complexity index is 759. The fourth-order valence-corrected chi connectivity index (χ4v) is 3.73. The minimum atomic E-state index is 0.0705. The Morgan fingerprint density at radius 1 is 1.30 bits per heavy atom. The lowest BCUT2D eigenvalue weighted by Crippen LogP contribution is -2.04. The fourth-order valence-electron chi connectivity index (χ4n) is 2.55. The van der Waals surface area contributed by atoms with E-state index in [-0.39, 0.29) is 11.7 Å². The average Bonchev–Trinajstić information content (AvgIpc) is 3.02. The van der Waals surface area contributed by atoms with Crippen LogP contribution in [0.5, 0.6) is 0 Å². The summed E-state index contributed by atoms with van der Waals surface area (Å²) in [5.74, 6) is 0.256. The van der Waals surface area contributed by atoms with Gasteiger partial charge in [0.05, 0.1) is 4.34 Å². The first-order valence-electron chi connectivity index (χ1n) is 6.46. The molecule has 0 aliphatic carbocycles. The Hall–Kier alpha value is -1.58. The van der Waals surface area contributed by atoms with Crippen LogP contribution < -0.4 is 0 Å². The highest BCUT2D eigenvalue weighted by Gasteiger charge is 2.21. The van der Waals surface area contributed by atoms with E-state index in [1.54, 1.807) is 18.3 Å². The van der Waals surface area contributed by atoms with E-state index in [0.29, 0.717) is 6.42 Å². The van der Waals surface area contributed by atoms with Crippen LogP contribution in [0, 0.1) is 0 Å². The SMILES string of the molecule is CC(=O)C[C@@H](c1ccc(Cl)s1)c1c[nH]c2ccccc12.